The van der Waals surface area contributed by atoms with Crippen molar-refractivity contribution in [1.82, 2.24) is 5.16 Å². The van der Waals surface area contributed by atoms with Crippen LogP contribution in [0.2, 0.25) is 5.02 Å². The van der Waals surface area contributed by atoms with Crippen molar-refractivity contribution in [2.75, 3.05) is 5.32 Å². The molecular weight excluding hydrogens is 312 g/mol. The van der Waals surface area contributed by atoms with Crippen LogP contribution in [0.15, 0.2) is 59.1 Å². The highest BCUT2D eigenvalue weighted by molar-refractivity contribution is 6.31. The number of hydrogen-bond acceptors (Lipinski definition) is 3. The van der Waals surface area contributed by atoms with Gasteiger partial charge in [-0.3, -0.25) is 4.79 Å². The molecule has 23 heavy (non-hydrogen) atoms. The first kappa shape index (κ1) is 15.3. The van der Waals surface area contributed by atoms with E-state index < -0.39 is 0 Å². The Balaban J connectivity index is 1.66. The molecule has 5 heteroatoms. The second-order valence-corrected chi connectivity index (χ2v) is 5.64. The topological polar surface area (TPSA) is 55.1 Å². The summed E-state index contributed by atoms with van der Waals surface area (Å²) in [6, 6.07) is 16.8. The maximum absolute atomic E-state index is 12.1. The van der Waals surface area contributed by atoms with Crippen molar-refractivity contribution in [2.45, 2.75) is 13.3 Å². The zero-order chi connectivity index (χ0) is 16.2. The Kier molecular flexibility index (Phi) is 4.44. The van der Waals surface area contributed by atoms with Gasteiger partial charge in [0.05, 0.1) is 12.1 Å². The van der Waals surface area contributed by atoms with Gasteiger partial charge in [0.2, 0.25) is 5.91 Å². The summed E-state index contributed by atoms with van der Waals surface area (Å²) in [5.74, 6) is 0.476. The van der Waals surface area contributed by atoms with Crippen LogP contribution in [0.3, 0.4) is 0 Å². The van der Waals surface area contributed by atoms with Crippen molar-refractivity contribution in [3.05, 3.63) is 70.9 Å². The van der Waals surface area contributed by atoms with E-state index in [-0.39, 0.29) is 12.3 Å². The molecular formula is C18H15ClN2O2. The molecule has 1 aromatic heterocycles. The van der Waals surface area contributed by atoms with E-state index in [9.17, 15) is 4.79 Å². The van der Waals surface area contributed by atoms with Crippen LogP contribution in [0.1, 0.15) is 11.3 Å². The summed E-state index contributed by atoms with van der Waals surface area (Å²) in [6.07, 6.45) is 0.141. The summed E-state index contributed by atoms with van der Waals surface area (Å²) >= 11 is 6.05. The molecule has 0 unspecified atom stereocenters. The Morgan fingerprint density at radius 1 is 1.17 bits per heavy atom. The number of carbonyl (C=O) groups excluding carboxylic acids is 1. The quantitative estimate of drug-likeness (QED) is 0.768. The Morgan fingerprint density at radius 3 is 2.70 bits per heavy atom. The summed E-state index contributed by atoms with van der Waals surface area (Å²) in [4.78, 5) is 12.1. The molecule has 3 rings (SSSR count). The molecule has 0 atom stereocenters. The molecule has 3 aromatic rings. The van der Waals surface area contributed by atoms with Gasteiger partial charge in [-0.15, -0.1) is 0 Å². The van der Waals surface area contributed by atoms with Crippen LogP contribution in [-0.4, -0.2) is 11.1 Å². The molecule has 0 saturated carbocycles. The Hall–Kier alpha value is -2.59. The van der Waals surface area contributed by atoms with Crippen LogP contribution in [0.25, 0.3) is 11.3 Å². The molecule has 0 spiro atoms. The maximum Gasteiger partial charge on any atom is 0.230 e. The molecule has 4 nitrogen and oxygen atoms in total. The van der Waals surface area contributed by atoms with E-state index in [2.05, 4.69) is 10.5 Å². The number of hydrogen-bond donors (Lipinski definition) is 1. The molecule has 0 aliphatic heterocycles. The van der Waals surface area contributed by atoms with E-state index in [4.69, 9.17) is 16.1 Å². The minimum Gasteiger partial charge on any atom is -0.356 e. The number of carbonyl (C=O) groups is 1. The molecule has 0 fully saturated rings. The number of halogens is 1. The molecule has 0 radical (unpaired) electrons. The number of aromatic nitrogens is 1. The number of anilines is 1. The van der Waals surface area contributed by atoms with Gasteiger partial charge in [-0.2, -0.15) is 0 Å². The molecule has 1 heterocycles. The van der Waals surface area contributed by atoms with Crippen molar-refractivity contribution in [2.24, 2.45) is 0 Å². The normalized spacial score (nSPS) is 10.5. The van der Waals surface area contributed by atoms with E-state index in [1.54, 1.807) is 12.1 Å². The van der Waals surface area contributed by atoms with Crippen LogP contribution < -0.4 is 5.32 Å². The van der Waals surface area contributed by atoms with E-state index >= 15 is 0 Å². The first-order valence-electron chi connectivity index (χ1n) is 7.19. The lowest BCUT2D eigenvalue weighted by Crippen LogP contribution is -2.14. The Bertz CT molecular complexity index is 828. The third-order valence-electron chi connectivity index (χ3n) is 3.41. The van der Waals surface area contributed by atoms with E-state index in [0.717, 1.165) is 11.1 Å². The molecule has 0 bridgehead atoms. The average Bonchev–Trinajstić information content (AvgIpc) is 3.00. The largest absolute Gasteiger partial charge is 0.356 e. The van der Waals surface area contributed by atoms with Crippen LogP contribution in [-0.2, 0) is 11.2 Å². The first-order valence-corrected chi connectivity index (χ1v) is 7.56. The highest BCUT2D eigenvalue weighted by Crippen LogP contribution is 2.21. The van der Waals surface area contributed by atoms with E-state index in [0.29, 0.717) is 22.2 Å². The first-order chi connectivity index (χ1) is 11.1. The smallest absolute Gasteiger partial charge is 0.230 e. The van der Waals surface area contributed by atoms with Crippen molar-refractivity contribution >= 4 is 23.2 Å². The summed E-state index contributed by atoms with van der Waals surface area (Å²) < 4.78 is 5.29. The average molecular weight is 327 g/mol. The molecule has 0 aliphatic carbocycles. The van der Waals surface area contributed by atoms with Crippen LogP contribution in [0.5, 0.6) is 0 Å². The van der Waals surface area contributed by atoms with Gasteiger partial charge >= 0.3 is 0 Å². The fourth-order valence-corrected chi connectivity index (χ4v) is 2.35. The van der Waals surface area contributed by atoms with Crippen molar-refractivity contribution in [3.8, 4) is 11.3 Å². The second kappa shape index (κ2) is 6.67. The van der Waals surface area contributed by atoms with Gasteiger partial charge in [-0.05, 0) is 24.6 Å². The highest BCUT2D eigenvalue weighted by atomic mass is 35.5. The Morgan fingerprint density at radius 2 is 1.96 bits per heavy atom. The molecule has 1 amide bonds. The van der Waals surface area contributed by atoms with Crippen LogP contribution >= 0.6 is 11.6 Å². The zero-order valence-electron chi connectivity index (χ0n) is 12.5. The maximum atomic E-state index is 12.1. The second-order valence-electron chi connectivity index (χ2n) is 5.24. The van der Waals surface area contributed by atoms with Gasteiger partial charge in [0.15, 0.2) is 5.76 Å². The van der Waals surface area contributed by atoms with Crippen molar-refractivity contribution < 1.29 is 9.32 Å². The minimum absolute atomic E-state index is 0.141. The SMILES string of the molecule is Cc1ccc(NC(=O)Cc2cc(-c3ccccc3)on2)cc1Cl. The predicted octanol–water partition coefficient (Wildman–Crippen LogP) is 4.48. The van der Waals surface area contributed by atoms with Gasteiger partial charge in [0, 0.05) is 22.3 Å². The summed E-state index contributed by atoms with van der Waals surface area (Å²) in [6.45, 7) is 1.91. The van der Waals surface area contributed by atoms with Gasteiger partial charge in [0.25, 0.3) is 0 Å². The Labute approximate surface area is 139 Å². The third-order valence-corrected chi connectivity index (χ3v) is 3.82. The van der Waals surface area contributed by atoms with Crippen LogP contribution in [0.4, 0.5) is 5.69 Å². The van der Waals surface area contributed by atoms with Crippen molar-refractivity contribution in [3.63, 3.8) is 0 Å². The lowest BCUT2D eigenvalue weighted by Gasteiger charge is -2.05. The zero-order valence-corrected chi connectivity index (χ0v) is 13.3. The third kappa shape index (κ3) is 3.79. The van der Waals surface area contributed by atoms with Crippen LogP contribution in [0, 0.1) is 6.92 Å². The van der Waals surface area contributed by atoms with Crippen molar-refractivity contribution in [1.29, 1.82) is 0 Å². The van der Waals surface area contributed by atoms with E-state index in [1.165, 1.54) is 0 Å². The van der Waals surface area contributed by atoms with Gasteiger partial charge in [-0.25, -0.2) is 0 Å². The lowest BCUT2D eigenvalue weighted by molar-refractivity contribution is -0.115. The number of benzene rings is 2. The summed E-state index contributed by atoms with van der Waals surface area (Å²) in [5.41, 5.74) is 3.14. The number of amides is 1. The van der Waals surface area contributed by atoms with Gasteiger partial charge in [-0.1, -0.05) is 53.2 Å². The monoisotopic (exact) mass is 326 g/mol. The summed E-state index contributed by atoms with van der Waals surface area (Å²) in [5, 5.41) is 7.37. The fourth-order valence-electron chi connectivity index (χ4n) is 2.17. The summed E-state index contributed by atoms with van der Waals surface area (Å²) in [7, 11) is 0. The molecule has 1 N–H and O–H groups in total. The van der Waals surface area contributed by atoms with Gasteiger partial charge < -0.3 is 9.84 Å². The minimum atomic E-state index is -0.169. The number of nitrogens with one attached hydrogen (secondary N) is 1. The number of aryl methyl sites for hydroxylation is 1. The number of rotatable bonds is 4. The lowest BCUT2D eigenvalue weighted by atomic mass is 10.1. The number of nitrogens with zero attached hydrogens (tertiary/aromatic N) is 1. The van der Waals surface area contributed by atoms with Gasteiger partial charge in [0.1, 0.15) is 0 Å². The molecule has 0 aliphatic rings. The van der Waals surface area contributed by atoms with E-state index in [1.807, 2.05) is 49.4 Å². The molecule has 2 aromatic carbocycles. The standard InChI is InChI=1S/C18H15ClN2O2/c1-12-7-8-14(9-16(12)19)20-18(22)11-15-10-17(23-21-15)13-5-3-2-4-6-13/h2-10H,11H2,1H3,(H,20,22). The molecule has 0 saturated heterocycles. The molecule has 116 valence electrons. The fraction of sp³-hybridized carbons (Fsp3) is 0.111. The predicted molar refractivity (Wildman–Crippen MR) is 90.5 cm³/mol. The highest BCUT2D eigenvalue weighted by Gasteiger charge is 2.11.